The lowest BCUT2D eigenvalue weighted by molar-refractivity contribution is 0.0263. The van der Waals surface area contributed by atoms with E-state index in [1.165, 1.54) is 8.66 Å². The highest BCUT2D eigenvalue weighted by Gasteiger charge is 2.21. The number of nitrogens with one attached hydrogen (secondary N) is 1. The fourth-order valence-corrected chi connectivity index (χ4v) is 3.84. The fourth-order valence-electron chi connectivity index (χ4n) is 2.42. The van der Waals surface area contributed by atoms with E-state index in [1.54, 1.807) is 11.3 Å². The fraction of sp³-hybridized carbons (Fsp3) is 0.643. The molecule has 0 radical (unpaired) electrons. The quantitative estimate of drug-likeness (QED) is 0.399. The molecule has 1 aromatic rings. The molecule has 1 aromatic heterocycles. The average molecular weight is 488 g/mol. The maximum absolute atomic E-state index is 5.69. The Morgan fingerprint density at radius 1 is 1.48 bits per heavy atom. The number of aliphatic imine (C=N–C) groups is 1. The number of guanidine groups is 1. The summed E-state index contributed by atoms with van der Waals surface area (Å²) in [6, 6.07) is 4.22. The van der Waals surface area contributed by atoms with Gasteiger partial charge in [-0.15, -0.1) is 35.3 Å². The summed E-state index contributed by atoms with van der Waals surface area (Å²) in [7, 11) is 1.85. The molecule has 21 heavy (non-hydrogen) atoms. The number of ether oxygens (including phenoxy) is 1. The molecule has 0 atom stereocenters. The molecule has 7 heteroatoms. The molecule has 120 valence electrons. The van der Waals surface area contributed by atoms with Crippen LogP contribution in [0.5, 0.6) is 0 Å². The van der Waals surface area contributed by atoms with Crippen LogP contribution in [-0.2, 0) is 11.3 Å². The van der Waals surface area contributed by atoms with Crippen molar-refractivity contribution in [3.63, 3.8) is 0 Å². The van der Waals surface area contributed by atoms with Crippen LogP contribution in [0.3, 0.4) is 0 Å². The van der Waals surface area contributed by atoms with Crippen LogP contribution >= 0.6 is 51.2 Å². The smallest absolute Gasteiger partial charge is 0.193 e. The highest BCUT2D eigenvalue weighted by Crippen LogP contribution is 2.22. The molecule has 1 aliphatic heterocycles. The summed E-state index contributed by atoms with van der Waals surface area (Å²) in [6.07, 6.45) is 2.58. The van der Waals surface area contributed by atoms with Crippen LogP contribution < -0.4 is 5.32 Å². The van der Waals surface area contributed by atoms with Crippen LogP contribution in [0.2, 0.25) is 0 Å². The number of hydrogen-bond donors (Lipinski definition) is 1. The first kappa shape index (κ1) is 19.2. The third-order valence-corrected chi connectivity index (χ3v) is 5.03. The second-order valence-corrected chi connectivity index (χ2v) is 7.30. The molecule has 1 saturated heterocycles. The molecule has 0 aromatic carbocycles. The zero-order valence-corrected chi connectivity index (χ0v) is 17.2. The van der Waals surface area contributed by atoms with Crippen LogP contribution in [0.4, 0.5) is 0 Å². The highest BCUT2D eigenvalue weighted by atomic mass is 127. The van der Waals surface area contributed by atoms with Crippen LogP contribution in [0.25, 0.3) is 0 Å². The van der Waals surface area contributed by atoms with Gasteiger partial charge in [0.25, 0.3) is 0 Å². The van der Waals surface area contributed by atoms with E-state index >= 15 is 0 Å². The lowest BCUT2D eigenvalue weighted by Crippen LogP contribution is -2.46. The van der Waals surface area contributed by atoms with Gasteiger partial charge < -0.3 is 15.0 Å². The van der Waals surface area contributed by atoms with Crippen molar-refractivity contribution in [2.24, 2.45) is 4.99 Å². The van der Waals surface area contributed by atoms with Crippen molar-refractivity contribution in [2.75, 3.05) is 26.7 Å². The number of hydrogen-bond acceptors (Lipinski definition) is 3. The Kier molecular flexibility index (Phi) is 9.15. The minimum absolute atomic E-state index is 0. The summed E-state index contributed by atoms with van der Waals surface area (Å²) in [5.74, 6) is 0.990. The summed E-state index contributed by atoms with van der Waals surface area (Å²) < 4.78 is 6.85. The molecule has 4 nitrogen and oxygen atoms in total. The predicted molar refractivity (Wildman–Crippen MR) is 104 cm³/mol. The Morgan fingerprint density at radius 3 is 2.71 bits per heavy atom. The minimum Gasteiger partial charge on any atom is -0.378 e. The Hall–Kier alpha value is 0.140. The molecule has 1 aliphatic rings. The van der Waals surface area contributed by atoms with Crippen LogP contribution in [0, 0.1) is 0 Å². The van der Waals surface area contributed by atoms with E-state index in [2.05, 4.69) is 50.2 Å². The second kappa shape index (κ2) is 10.0. The first-order chi connectivity index (χ1) is 9.72. The molecule has 0 bridgehead atoms. The third-order valence-electron chi connectivity index (χ3n) is 3.41. The summed E-state index contributed by atoms with van der Waals surface area (Å²) in [6.45, 7) is 5.72. The Morgan fingerprint density at radius 2 is 2.19 bits per heavy atom. The average Bonchev–Trinajstić information content (AvgIpc) is 2.87. The maximum Gasteiger partial charge on any atom is 0.193 e. The molecular formula is C14H23BrIN3OS. The van der Waals surface area contributed by atoms with Gasteiger partial charge in [-0.2, -0.15) is 0 Å². The molecular weight excluding hydrogens is 465 g/mol. The summed E-state index contributed by atoms with van der Waals surface area (Å²) >= 11 is 5.24. The van der Waals surface area contributed by atoms with Crippen molar-refractivity contribution in [1.82, 2.24) is 10.2 Å². The molecule has 2 heterocycles. The molecule has 0 spiro atoms. The second-order valence-electron chi connectivity index (χ2n) is 4.75. The van der Waals surface area contributed by atoms with E-state index in [-0.39, 0.29) is 24.0 Å². The van der Waals surface area contributed by atoms with E-state index < -0.39 is 0 Å². The Bertz CT molecular complexity index is 447. The molecule has 1 fully saturated rings. The van der Waals surface area contributed by atoms with E-state index in [1.807, 2.05) is 7.05 Å². The number of rotatable bonds is 4. The van der Waals surface area contributed by atoms with Gasteiger partial charge in [0, 0.05) is 31.6 Å². The Balaban J connectivity index is 0.00000220. The monoisotopic (exact) mass is 487 g/mol. The van der Waals surface area contributed by atoms with Gasteiger partial charge in [-0.3, -0.25) is 4.99 Å². The van der Waals surface area contributed by atoms with Crippen molar-refractivity contribution in [3.8, 4) is 0 Å². The van der Waals surface area contributed by atoms with E-state index in [0.29, 0.717) is 6.10 Å². The highest BCUT2D eigenvalue weighted by molar-refractivity contribution is 14.0. The number of thiophene rings is 1. The van der Waals surface area contributed by atoms with Gasteiger partial charge in [0.1, 0.15) is 0 Å². The normalized spacial score (nSPS) is 16.7. The summed E-state index contributed by atoms with van der Waals surface area (Å²) in [5.41, 5.74) is 0. The lowest BCUT2D eigenvalue weighted by atomic mass is 10.1. The SMILES string of the molecule is CCOC1CCN(C(=NC)NCc2ccc(Br)s2)CC1.I. The van der Waals surface area contributed by atoms with E-state index in [4.69, 9.17) is 4.74 Å². The van der Waals surface area contributed by atoms with Crippen molar-refractivity contribution in [3.05, 3.63) is 20.8 Å². The largest absolute Gasteiger partial charge is 0.378 e. The van der Waals surface area contributed by atoms with Gasteiger partial charge >= 0.3 is 0 Å². The van der Waals surface area contributed by atoms with Crippen molar-refractivity contribution < 1.29 is 4.74 Å². The number of halogens is 2. The Labute approximate surface area is 156 Å². The van der Waals surface area contributed by atoms with Crippen LogP contribution in [0.15, 0.2) is 20.9 Å². The number of nitrogens with zero attached hydrogens (tertiary/aromatic N) is 2. The molecule has 0 aliphatic carbocycles. The zero-order valence-electron chi connectivity index (χ0n) is 12.5. The molecule has 1 N–H and O–H groups in total. The topological polar surface area (TPSA) is 36.9 Å². The number of likely N-dealkylation sites (tertiary alicyclic amines) is 1. The van der Waals surface area contributed by atoms with Crippen LogP contribution in [-0.4, -0.2) is 43.7 Å². The molecule has 0 saturated carbocycles. The van der Waals surface area contributed by atoms with Gasteiger partial charge in [0.05, 0.1) is 16.4 Å². The number of piperidine rings is 1. The standard InChI is InChI=1S/C14H22BrN3OS.HI/c1-3-19-11-6-8-18(9-7-11)14(16-2)17-10-12-4-5-13(15)20-12;/h4-5,11H,3,6-10H2,1-2H3,(H,16,17);1H. The molecule has 0 unspecified atom stereocenters. The van der Waals surface area contributed by atoms with Crippen LogP contribution in [0.1, 0.15) is 24.6 Å². The van der Waals surface area contributed by atoms with Gasteiger partial charge in [0.2, 0.25) is 0 Å². The van der Waals surface area contributed by atoms with Crippen molar-refractivity contribution in [2.45, 2.75) is 32.4 Å². The first-order valence-electron chi connectivity index (χ1n) is 7.04. The van der Waals surface area contributed by atoms with Crippen molar-refractivity contribution >= 4 is 57.2 Å². The lowest BCUT2D eigenvalue weighted by Gasteiger charge is -2.34. The maximum atomic E-state index is 5.69. The zero-order chi connectivity index (χ0) is 14.4. The van der Waals surface area contributed by atoms with Gasteiger partial charge in [-0.1, -0.05) is 0 Å². The van der Waals surface area contributed by atoms with Crippen molar-refractivity contribution in [1.29, 1.82) is 0 Å². The van der Waals surface area contributed by atoms with Gasteiger partial charge in [0.15, 0.2) is 5.96 Å². The third kappa shape index (κ3) is 6.03. The van der Waals surface area contributed by atoms with E-state index in [9.17, 15) is 0 Å². The van der Waals surface area contributed by atoms with Gasteiger partial charge in [-0.05, 0) is 47.8 Å². The molecule has 2 rings (SSSR count). The predicted octanol–water partition coefficient (Wildman–Crippen LogP) is 3.70. The summed E-state index contributed by atoms with van der Waals surface area (Å²) in [4.78, 5) is 8.01. The first-order valence-corrected chi connectivity index (χ1v) is 8.65. The van der Waals surface area contributed by atoms with Gasteiger partial charge in [-0.25, -0.2) is 0 Å². The molecule has 0 amide bonds. The minimum atomic E-state index is 0. The van der Waals surface area contributed by atoms with E-state index in [0.717, 1.165) is 45.0 Å². The summed E-state index contributed by atoms with van der Waals surface area (Å²) in [5, 5.41) is 3.44.